The molecule has 0 saturated heterocycles. The van der Waals surface area contributed by atoms with E-state index in [4.69, 9.17) is 0 Å². The molecule has 0 fully saturated rings. The minimum atomic E-state index is -0.113. The van der Waals surface area contributed by atoms with Crippen LogP contribution in [0.2, 0.25) is 0 Å². The monoisotopic (exact) mass is 735 g/mol. The average Bonchev–Trinajstić information content (AvgIpc) is 3.80. The molecule has 0 radical (unpaired) electrons. The summed E-state index contributed by atoms with van der Waals surface area (Å²) >= 11 is 0. The number of nitrogens with zero attached hydrogens (tertiary/aromatic N) is 2. The molecule has 0 aliphatic carbocycles. The Labute approximate surface area is 331 Å². The molecule has 2 aromatic heterocycles. The highest BCUT2D eigenvalue weighted by Gasteiger charge is 2.26. The molecule has 2 atom stereocenters. The lowest BCUT2D eigenvalue weighted by molar-refractivity contribution is 0.442. The standard InChI is InChI=1S/C52H41N5/c1-34-28-36(25-26-41(34)37-16-13-27-53-33-37)46-32-47(55-52(54-46)35-14-3-2-4-15-35)38-29-39(56-48-21-9-5-17-42(48)43-18-6-10-22-49(43)56)31-40(30-38)57-50-23-11-7-19-44(50)45-20-8-12-24-51(45)57/h2-26,28-33,47,52-55H,27H2,1H3. The Hall–Kier alpha value is -7.08. The van der Waals surface area contributed by atoms with E-state index in [0.717, 1.165) is 23.6 Å². The molecule has 11 rings (SSSR count). The van der Waals surface area contributed by atoms with Gasteiger partial charge >= 0.3 is 0 Å². The van der Waals surface area contributed by atoms with Crippen LogP contribution in [0.25, 0.3) is 66.3 Å². The smallest absolute Gasteiger partial charge is 0.104 e. The first-order chi connectivity index (χ1) is 28.2. The van der Waals surface area contributed by atoms with E-state index in [0.29, 0.717) is 0 Å². The highest BCUT2D eigenvalue weighted by molar-refractivity contribution is 6.10. The SMILES string of the molecule is Cc1cc(C2=CC(c3cc(-n4c5ccccc5c5ccccc54)cc(-n4c5ccccc5c5ccccc54)c3)NC(c3ccccc3)N2)ccc1C1=CNCC=C1. The lowest BCUT2D eigenvalue weighted by atomic mass is 9.94. The number of para-hydroxylation sites is 4. The average molecular weight is 736 g/mol. The van der Waals surface area contributed by atoms with Crippen molar-refractivity contribution in [2.24, 2.45) is 0 Å². The van der Waals surface area contributed by atoms with Gasteiger partial charge in [0.25, 0.3) is 0 Å². The van der Waals surface area contributed by atoms with E-state index in [2.05, 4.69) is 220 Å². The van der Waals surface area contributed by atoms with E-state index in [1.54, 1.807) is 0 Å². The van der Waals surface area contributed by atoms with Crippen LogP contribution < -0.4 is 16.0 Å². The van der Waals surface area contributed by atoms with Crippen LogP contribution in [0.15, 0.2) is 188 Å². The summed E-state index contributed by atoms with van der Waals surface area (Å²) in [6.07, 6.45) is 8.76. The Morgan fingerprint density at radius 2 is 1.09 bits per heavy atom. The quantitative estimate of drug-likeness (QED) is 0.159. The molecule has 2 aliphatic rings. The zero-order valence-corrected chi connectivity index (χ0v) is 31.7. The van der Waals surface area contributed by atoms with E-state index in [9.17, 15) is 0 Å². The van der Waals surface area contributed by atoms with Gasteiger partial charge in [0.1, 0.15) is 6.17 Å². The molecule has 2 aliphatic heterocycles. The van der Waals surface area contributed by atoms with Crippen molar-refractivity contribution >= 4 is 54.9 Å². The number of nitrogens with one attached hydrogen (secondary N) is 3. The van der Waals surface area contributed by atoms with Gasteiger partial charge in [-0.15, -0.1) is 0 Å². The number of allylic oxidation sites excluding steroid dienone is 2. The largest absolute Gasteiger partial charge is 0.387 e. The first-order valence-electron chi connectivity index (χ1n) is 19.8. The van der Waals surface area contributed by atoms with Crippen molar-refractivity contribution in [3.8, 4) is 11.4 Å². The zero-order valence-electron chi connectivity index (χ0n) is 31.7. The summed E-state index contributed by atoms with van der Waals surface area (Å²) in [6.45, 7) is 3.08. The second kappa shape index (κ2) is 13.6. The summed E-state index contributed by atoms with van der Waals surface area (Å²) in [5, 5.41) is 16.3. The molecule has 57 heavy (non-hydrogen) atoms. The molecule has 274 valence electrons. The summed E-state index contributed by atoms with van der Waals surface area (Å²) in [5.41, 5.74) is 15.3. The number of hydrogen-bond acceptors (Lipinski definition) is 3. The molecule has 0 amide bonds. The summed E-state index contributed by atoms with van der Waals surface area (Å²) < 4.78 is 4.88. The van der Waals surface area contributed by atoms with Crippen LogP contribution in [-0.2, 0) is 0 Å². The number of aryl methyl sites for hydroxylation is 1. The predicted molar refractivity (Wildman–Crippen MR) is 238 cm³/mol. The van der Waals surface area contributed by atoms with Crippen LogP contribution in [0.4, 0.5) is 0 Å². The fraction of sp³-hybridized carbons (Fsp3) is 0.0769. The molecule has 2 unspecified atom stereocenters. The maximum absolute atomic E-state index is 4.02. The maximum Gasteiger partial charge on any atom is 0.104 e. The van der Waals surface area contributed by atoms with Gasteiger partial charge in [0.05, 0.1) is 28.1 Å². The number of aromatic nitrogens is 2. The lowest BCUT2D eigenvalue weighted by Gasteiger charge is -2.34. The highest BCUT2D eigenvalue weighted by Crippen LogP contribution is 2.39. The molecule has 0 spiro atoms. The van der Waals surface area contributed by atoms with Gasteiger partial charge in [0, 0.05) is 51.4 Å². The van der Waals surface area contributed by atoms with Crippen molar-refractivity contribution in [3.05, 3.63) is 216 Å². The van der Waals surface area contributed by atoms with E-state index < -0.39 is 0 Å². The zero-order chi connectivity index (χ0) is 37.9. The van der Waals surface area contributed by atoms with Crippen molar-refractivity contribution in [1.82, 2.24) is 25.1 Å². The molecule has 5 heteroatoms. The number of hydrogen-bond donors (Lipinski definition) is 3. The Morgan fingerprint density at radius 3 is 1.61 bits per heavy atom. The minimum Gasteiger partial charge on any atom is -0.387 e. The van der Waals surface area contributed by atoms with Crippen LogP contribution in [0.5, 0.6) is 0 Å². The van der Waals surface area contributed by atoms with Crippen molar-refractivity contribution in [1.29, 1.82) is 0 Å². The van der Waals surface area contributed by atoms with Crippen molar-refractivity contribution in [2.45, 2.75) is 19.1 Å². The number of fused-ring (bicyclic) bond motifs is 6. The van der Waals surface area contributed by atoms with E-state index in [1.165, 1.54) is 77.0 Å². The molecular formula is C52H41N5. The molecule has 9 aromatic rings. The molecular weight excluding hydrogens is 695 g/mol. The first kappa shape index (κ1) is 33.3. The minimum absolute atomic E-state index is 0.112. The summed E-state index contributed by atoms with van der Waals surface area (Å²) in [6, 6.07) is 59.7. The maximum atomic E-state index is 4.02. The van der Waals surface area contributed by atoms with Gasteiger partial charge in [-0.05, 0) is 94.9 Å². The van der Waals surface area contributed by atoms with Crippen LogP contribution in [0, 0.1) is 6.92 Å². The van der Waals surface area contributed by atoms with Gasteiger partial charge in [0.15, 0.2) is 0 Å². The van der Waals surface area contributed by atoms with Crippen molar-refractivity contribution < 1.29 is 0 Å². The number of benzene rings is 7. The third-order valence-electron chi connectivity index (χ3n) is 11.7. The summed E-state index contributed by atoms with van der Waals surface area (Å²) in [5.74, 6) is 0. The van der Waals surface area contributed by atoms with Gasteiger partial charge < -0.3 is 19.8 Å². The van der Waals surface area contributed by atoms with Gasteiger partial charge in [-0.2, -0.15) is 0 Å². The van der Waals surface area contributed by atoms with Crippen LogP contribution in [0.1, 0.15) is 40.0 Å². The molecule has 3 N–H and O–H groups in total. The molecule has 0 saturated carbocycles. The lowest BCUT2D eigenvalue weighted by Crippen LogP contribution is -2.39. The Bertz CT molecular complexity index is 2870. The highest BCUT2D eigenvalue weighted by atomic mass is 15.2. The van der Waals surface area contributed by atoms with Crippen LogP contribution in [0.3, 0.4) is 0 Å². The molecule has 7 aromatic carbocycles. The van der Waals surface area contributed by atoms with Crippen LogP contribution >= 0.6 is 0 Å². The van der Waals surface area contributed by atoms with Gasteiger partial charge in [-0.1, -0.05) is 127 Å². The Kier molecular flexibility index (Phi) is 7.93. The van der Waals surface area contributed by atoms with Crippen LogP contribution in [-0.4, -0.2) is 15.7 Å². The van der Waals surface area contributed by atoms with Crippen molar-refractivity contribution in [3.63, 3.8) is 0 Å². The van der Waals surface area contributed by atoms with Gasteiger partial charge in [-0.25, -0.2) is 0 Å². The third-order valence-corrected chi connectivity index (χ3v) is 11.7. The van der Waals surface area contributed by atoms with Gasteiger partial charge in [0.2, 0.25) is 0 Å². The molecule has 0 bridgehead atoms. The van der Waals surface area contributed by atoms with E-state index in [-0.39, 0.29) is 12.2 Å². The normalized spacial score (nSPS) is 16.8. The Morgan fingerprint density at radius 1 is 0.544 bits per heavy atom. The first-order valence-corrected chi connectivity index (χ1v) is 19.8. The van der Waals surface area contributed by atoms with Gasteiger partial charge in [-0.3, -0.25) is 5.32 Å². The van der Waals surface area contributed by atoms with E-state index in [1.807, 2.05) is 0 Å². The summed E-state index contributed by atoms with van der Waals surface area (Å²) in [4.78, 5) is 0. The fourth-order valence-corrected chi connectivity index (χ4v) is 9.09. The van der Waals surface area contributed by atoms with E-state index >= 15 is 0 Å². The third kappa shape index (κ3) is 5.66. The number of rotatable bonds is 6. The second-order valence-corrected chi connectivity index (χ2v) is 15.2. The summed E-state index contributed by atoms with van der Waals surface area (Å²) in [7, 11) is 0. The molecule has 4 heterocycles. The predicted octanol–water partition coefficient (Wildman–Crippen LogP) is 11.7. The molecule has 5 nitrogen and oxygen atoms in total. The topological polar surface area (TPSA) is 46.0 Å². The fourth-order valence-electron chi connectivity index (χ4n) is 9.09. The Balaban J connectivity index is 1.15. The number of dihydropyridines is 1. The van der Waals surface area contributed by atoms with Crippen molar-refractivity contribution in [2.75, 3.05) is 6.54 Å². The second-order valence-electron chi connectivity index (χ2n) is 15.2.